The van der Waals surface area contributed by atoms with E-state index in [9.17, 15) is 19.5 Å². The van der Waals surface area contributed by atoms with E-state index < -0.39 is 22.7 Å². The van der Waals surface area contributed by atoms with Gasteiger partial charge in [-0.05, 0) is 5.56 Å². The van der Waals surface area contributed by atoms with Crippen LogP contribution < -0.4 is 11.1 Å². The Morgan fingerprint density at radius 1 is 1.00 bits per heavy atom. The largest absolute Gasteiger partial charge is 0.477 e. The van der Waals surface area contributed by atoms with Crippen molar-refractivity contribution in [2.24, 2.45) is 14.1 Å². The van der Waals surface area contributed by atoms with Gasteiger partial charge < -0.3 is 5.11 Å². The molecule has 1 aromatic heterocycles. The topological polar surface area (TPSA) is 81.3 Å². The second-order valence-corrected chi connectivity index (χ2v) is 4.08. The molecule has 0 saturated heterocycles. The maximum Gasteiger partial charge on any atom is 0.342 e. The number of carbonyl (C=O) groups is 1. The summed E-state index contributed by atoms with van der Waals surface area (Å²) in [6.07, 6.45) is 0. The lowest BCUT2D eigenvalue weighted by Gasteiger charge is -2.11. The van der Waals surface area contributed by atoms with Crippen molar-refractivity contribution in [1.29, 1.82) is 0 Å². The fourth-order valence-corrected chi connectivity index (χ4v) is 1.88. The molecule has 0 aliphatic carbocycles. The van der Waals surface area contributed by atoms with Gasteiger partial charge >= 0.3 is 5.97 Å². The van der Waals surface area contributed by atoms with Crippen LogP contribution in [0.4, 0.5) is 0 Å². The third-order valence-corrected chi connectivity index (χ3v) is 2.99. The zero-order chi connectivity index (χ0) is 14.2. The predicted octanol–water partition coefficient (Wildman–Crippen LogP) is 0.449. The molecule has 0 atom stereocenters. The second-order valence-electron chi connectivity index (χ2n) is 4.08. The zero-order valence-electron chi connectivity index (χ0n) is 10.5. The molecule has 2 rings (SSSR count). The number of hydrogen-bond donors (Lipinski definition) is 1. The molecule has 19 heavy (non-hydrogen) atoms. The summed E-state index contributed by atoms with van der Waals surface area (Å²) in [7, 11) is 2.77. The molecule has 0 saturated carbocycles. The maximum absolute atomic E-state index is 12.2. The zero-order valence-corrected chi connectivity index (χ0v) is 10.5. The summed E-state index contributed by atoms with van der Waals surface area (Å²) in [5.41, 5.74) is -1.41. The van der Waals surface area contributed by atoms with Crippen molar-refractivity contribution >= 4 is 5.97 Å². The lowest BCUT2D eigenvalue weighted by Crippen LogP contribution is -2.40. The molecular formula is C13H12N2O4. The van der Waals surface area contributed by atoms with Gasteiger partial charge in [-0.3, -0.25) is 19.0 Å². The van der Waals surface area contributed by atoms with Gasteiger partial charge in [0.2, 0.25) is 0 Å². The van der Waals surface area contributed by atoms with Crippen molar-refractivity contribution in [3.05, 3.63) is 56.6 Å². The van der Waals surface area contributed by atoms with E-state index >= 15 is 0 Å². The van der Waals surface area contributed by atoms with E-state index in [-0.39, 0.29) is 5.56 Å². The third-order valence-electron chi connectivity index (χ3n) is 2.99. The predicted molar refractivity (Wildman–Crippen MR) is 69.3 cm³/mol. The second kappa shape index (κ2) is 4.56. The third kappa shape index (κ3) is 1.97. The minimum Gasteiger partial charge on any atom is -0.477 e. The fraction of sp³-hybridized carbons (Fsp3) is 0.154. The van der Waals surface area contributed by atoms with Crippen molar-refractivity contribution in [2.75, 3.05) is 0 Å². The van der Waals surface area contributed by atoms with Crippen molar-refractivity contribution in [2.45, 2.75) is 0 Å². The van der Waals surface area contributed by atoms with Crippen LogP contribution in [0, 0.1) is 0 Å². The molecule has 0 aliphatic rings. The molecule has 1 heterocycles. The van der Waals surface area contributed by atoms with E-state index in [1.807, 2.05) is 0 Å². The van der Waals surface area contributed by atoms with Crippen LogP contribution in [0.15, 0.2) is 39.9 Å². The number of carboxylic acid groups (broad SMARTS) is 1. The van der Waals surface area contributed by atoms with Gasteiger partial charge in [0.05, 0.1) is 5.56 Å². The highest BCUT2D eigenvalue weighted by Gasteiger charge is 2.22. The molecule has 0 unspecified atom stereocenters. The molecule has 98 valence electrons. The first-order valence-corrected chi connectivity index (χ1v) is 5.54. The van der Waals surface area contributed by atoms with Crippen LogP contribution in [0.1, 0.15) is 10.4 Å². The Labute approximate surface area is 108 Å². The molecule has 2 aromatic rings. The molecule has 1 aromatic carbocycles. The molecule has 0 spiro atoms. The SMILES string of the molecule is Cn1c(=O)c(C(=O)O)c(-c2ccccc2)c(=O)n1C. The summed E-state index contributed by atoms with van der Waals surface area (Å²) >= 11 is 0. The number of aromatic carboxylic acids is 1. The number of hydrogen-bond acceptors (Lipinski definition) is 3. The highest BCUT2D eigenvalue weighted by molar-refractivity contribution is 5.95. The smallest absolute Gasteiger partial charge is 0.342 e. The summed E-state index contributed by atoms with van der Waals surface area (Å²) in [4.78, 5) is 35.5. The lowest BCUT2D eigenvalue weighted by molar-refractivity contribution is 0.0694. The molecule has 0 fully saturated rings. The van der Waals surface area contributed by atoms with Crippen LogP contribution in [0.25, 0.3) is 11.1 Å². The van der Waals surface area contributed by atoms with Gasteiger partial charge in [0.15, 0.2) is 0 Å². The van der Waals surface area contributed by atoms with Gasteiger partial charge in [0.1, 0.15) is 5.56 Å². The molecule has 6 nitrogen and oxygen atoms in total. The van der Waals surface area contributed by atoms with Crippen molar-refractivity contribution in [3.8, 4) is 11.1 Å². The van der Waals surface area contributed by atoms with E-state index in [0.717, 1.165) is 9.36 Å². The van der Waals surface area contributed by atoms with Gasteiger partial charge in [-0.25, -0.2) is 4.79 Å². The maximum atomic E-state index is 12.2. The quantitative estimate of drug-likeness (QED) is 0.850. The van der Waals surface area contributed by atoms with E-state index in [2.05, 4.69) is 0 Å². The number of aromatic nitrogens is 2. The summed E-state index contributed by atoms with van der Waals surface area (Å²) < 4.78 is 2.08. The van der Waals surface area contributed by atoms with Gasteiger partial charge in [0.25, 0.3) is 11.1 Å². The lowest BCUT2D eigenvalue weighted by atomic mass is 10.0. The Hall–Kier alpha value is -2.63. The monoisotopic (exact) mass is 260 g/mol. The number of nitrogens with zero attached hydrogens (tertiary/aromatic N) is 2. The fourth-order valence-electron chi connectivity index (χ4n) is 1.88. The molecular weight excluding hydrogens is 248 g/mol. The van der Waals surface area contributed by atoms with E-state index in [0.29, 0.717) is 5.56 Å². The van der Waals surface area contributed by atoms with E-state index in [1.165, 1.54) is 14.1 Å². The van der Waals surface area contributed by atoms with Crippen LogP contribution in [0.5, 0.6) is 0 Å². The first-order chi connectivity index (χ1) is 8.95. The first kappa shape index (κ1) is 12.8. The van der Waals surface area contributed by atoms with Gasteiger partial charge in [-0.1, -0.05) is 30.3 Å². The Bertz CT molecular complexity index is 757. The molecule has 0 aliphatic heterocycles. The van der Waals surface area contributed by atoms with Gasteiger partial charge in [-0.2, -0.15) is 0 Å². The van der Waals surface area contributed by atoms with Gasteiger partial charge in [-0.15, -0.1) is 0 Å². The minimum absolute atomic E-state index is 0.0845. The number of carboxylic acids is 1. The standard InChI is InChI=1S/C13H12N2O4/c1-14-11(16)9(8-6-4-3-5-7-8)10(13(18)19)12(17)15(14)2/h3-7H,1-2H3,(H,18,19). The van der Waals surface area contributed by atoms with Crippen LogP contribution in [0.3, 0.4) is 0 Å². The van der Waals surface area contributed by atoms with Crippen molar-refractivity contribution < 1.29 is 9.90 Å². The Morgan fingerprint density at radius 3 is 2.05 bits per heavy atom. The van der Waals surface area contributed by atoms with E-state index in [1.54, 1.807) is 30.3 Å². The number of benzene rings is 1. The Morgan fingerprint density at radius 2 is 1.53 bits per heavy atom. The molecule has 0 amide bonds. The Kier molecular flexibility index (Phi) is 3.08. The molecule has 0 bridgehead atoms. The number of rotatable bonds is 2. The van der Waals surface area contributed by atoms with E-state index in [4.69, 9.17) is 0 Å². The summed E-state index contributed by atoms with van der Waals surface area (Å²) in [6, 6.07) is 8.30. The van der Waals surface area contributed by atoms with Crippen LogP contribution in [-0.4, -0.2) is 20.4 Å². The minimum atomic E-state index is -1.41. The first-order valence-electron chi connectivity index (χ1n) is 5.54. The highest BCUT2D eigenvalue weighted by Crippen LogP contribution is 2.17. The van der Waals surface area contributed by atoms with Gasteiger partial charge in [0, 0.05) is 14.1 Å². The summed E-state index contributed by atoms with van der Waals surface area (Å²) in [5, 5.41) is 9.19. The van der Waals surface area contributed by atoms with Crippen LogP contribution in [0.2, 0.25) is 0 Å². The normalized spacial score (nSPS) is 10.4. The van der Waals surface area contributed by atoms with Crippen LogP contribution >= 0.6 is 0 Å². The molecule has 1 N–H and O–H groups in total. The highest BCUT2D eigenvalue weighted by atomic mass is 16.4. The molecule has 0 radical (unpaired) electrons. The van der Waals surface area contributed by atoms with Crippen molar-refractivity contribution in [3.63, 3.8) is 0 Å². The average molecular weight is 260 g/mol. The van der Waals surface area contributed by atoms with Crippen LogP contribution in [-0.2, 0) is 14.1 Å². The summed E-state index contributed by atoms with van der Waals surface area (Å²) in [5.74, 6) is -1.41. The Balaban J connectivity index is 2.99. The molecule has 6 heteroatoms. The summed E-state index contributed by atoms with van der Waals surface area (Å²) in [6.45, 7) is 0. The average Bonchev–Trinajstić information content (AvgIpc) is 2.40. The van der Waals surface area contributed by atoms with Crippen molar-refractivity contribution in [1.82, 2.24) is 9.36 Å².